The number of nitrogens with zero attached hydrogens (tertiary/aromatic N) is 2. The molecule has 6 heteroatoms. The first-order chi connectivity index (χ1) is 9.16. The van der Waals surface area contributed by atoms with Crippen molar-refractivity contribution in [2.45, 2.75) is 38.8 Å². The molecule has 0 amide bonds. The Morgan fingerprint density at radius 1 is 1.25 bits per heavy atom. The Morgan fingerprint density at radius 2 is 1.90 bits per heavy atom. The molecule has 0 spiro atoms. The Hall–Kier alpha value is -1.56. The first kappa shape index (κ1) is 14.8. The van der Waals surface area contributed by atoms with Crippen molar-refractivity contribution in [1.82, 2.24) is 9.38 Å². The normalized spacial score (nSPS) is 13.2. The largest absolute Gasteiger partial charge is 0.419 e. The summed E-state index contributed by atoms with van der Waals surface area (Å²) in [5, 5.41) is 0. The standard InChI is InChI=1S/C14H18F3N3/c1-13(2,3)11-10(6-7-18)20-8-4-5-9(12(20)19-11)14(15,16)17/h4-5,8H,6-7,18H2,1-3H3. The van der Waals surface area contributed by atoms with E-state index in [-0.39, 0.29) is 11.1 Å². The number of alkyl halides is 3. The number of imidazole rings is 1. The van der Waals surface area contributed by atoms with Gasteiger partial charge in [-0.15, -0.1) is 0 Å². The highest BCUT2D eigenvalue weighted by atomic mass is 19.4. The highest BCUT2D eigenvalue weighted by Crippen LogP contribution is 2.34. The molecule has 2 aromatic heterocycles. The van der Waals surface area contributed by atoms with E-state index in [1.807, 2.05) is 20.8 Å². The third-order valence-corrected chi connectivity index (χ3v) is 3.15. The van der Waals surface area contributed by atoms with Gasteiger partial charge in [-0.25, -0.2) is 4.98 Å². The zero-order valence-electron chi connectivity index (χ0n) is 11.8. The lowest BCUT2D eigenvalue weighted by molar-refractivity contribution is -0.136. The summed E-state index contributed by atoms with van der Waals surface area (Å²) in [6, 6.07) is 2.45. The zero-order chi connectivity index (χ0) is 15.1. The van der Waals surface area contributed by atoms with Crippen molar-refractivity contribution in [3.05, 3.63) is 35.3 Å². The van der Waals surface area contributed by atoms with Gasteiger partial charge in [-0.3, -0.25) is 0 Å². The van der Waals surface area contributed by atoms with Gasteiger partial charge in [0.1, 0.15) is 5.65 Å². The Kier molecular flexibility index (Phi) is 3.54. The van der Waals surface area contributed by atoms with Gasteiger partial charge in [0, 0.05) is 23.7 Å². The third kappa shape index (κ3) is 2.52. The molecule has 3 nitrogen and oxygen atoms in total. The van der Waals surface area contributed by atoms with Crippen LogP contribution in [0.2, 0.25) is 0 Å². The number of fused-ring (bicyclic) bond motifs is 1. The van der Waals surface area contributed by atoms with Crippen molar-refractivity contribution in [2.24, 2.45) is 5.73 Å². The molecule has 0 radical (unpaired) electrons. The van der Waals surface area contributed by atoms with Gasteiger partial charge >= 0.3 is 6.18 Å². The van der Waals surface area contributed by atoms with Gasteiger partial charge in [-0.1, -0.05) is 20.8 Å². The van der Waals surface area contributed by atoms with E-state index < -0.39 is 11.7 Å². The van der Waals surface area contributed by atoms with Crippen molar-refractivity contribution in [1.29, 1.82) is 0 Å². The van der Waals surface area contributed by atoms with Crippen LogP contribution in [0.1, 0.15) is 37.7 Å². The minimum Gasteiger partial charge on any atom is -0.330 e. The zero-order valence-corrected chi connectivity index (χ0v) is 11.8. The van der Waals surface area contributed by atoms with E-state index in [0.717, 1.165) is 11.8 Å². The van der Waals surface area contributed by atoms with Gasteiger partial charge in [-0.05, 0) is 18.7 Å². The lowest BCUT2D eigenvalue weighted by Crippen LogP contribution is -2.17. The van der Waals surface area contributed by atoms with Gasteiger partial charge in [0.2, 0.25) is 0 Å². The molecule has 2 rings (SSSR count). The quantitative estimate of drug-likeness (QED) is 0.921. The Bertz CT molecular complexity index is 621. The summed E-state index contributed by atoms with van der Waals surface area (Å²) in [5.41, 5.74) is 5.90. The molecular formula is C14H18F3N3. The lowest BCUT2D eigenvalue weighted by atomic mass is 9.90. The molecule has 0 bridgehead atoms. The Morgan fingerprint density at radius 3 is 2.40 bits per heavy atom. The molecular weight excluding hydrogens is 267 g/mol. The minimum atomic E-state index is -4.41. The molecule has 0 saturated heterocycles. The summed E-state index contributed by atoms with van der Waals surface area (Å²) in [6.45, 7) is 6.17. The third-order valence-electron chi connectivity index (χ3n) is 3.15. The van der Waals surface area contributed by atoms with E-state index in [0.29, 0.717) is 18.7 Å². The summed E-state index contributed by atoms with van der Waals surface area (Å²) in [7, 11) is 0. The smallest absolute Gasteiger partial charge is 0.330 e. The summed E-state index contributed by atoms with van der Waals surface area (Å²) in [5.74, 6) is 0. The van der Waals surface area contributed by atoms with Gasteiger partial charge in [0.05, 0.1) is 11.3 Å². The summed E-state index contributed by atoms with van der Waals surface area (Å²) in [6.07, 6.45) is -2.31. The van der Waals surface area contributed by atoms with Crippen LogP contribution in [0, 0.1) is 0 Å². The lowest BCUT2D eigenvalue weighted by Gasteiger charge is -2.17. The topological polar surface area (TPSA) is 43.3 Å². The average molecular weight is 285 g/mol. The van der Waals surface area contributed by atoms with Crippen LogP contribution in [0.15, 0.2) is 18.3 Å². The fourth-order valence-corrected chi connectivity index (χ4v) is 2.31. The minimum absolute atomic E-state index is 0.0478. The summed E-state index contributed by atoms with van der Waals surface area (Å²) in [4.78, 5) is 4.26. The van der Waals surface area contributed by atoms with Gasteiger partial charge in [-0.2, -0.15) is 13.2 Å². The predicted octanol–water partition coefficient (Wildman–Crippen LogP) is 3.15. The maximum atomic E-state index is 13.1. The summed E-state index contributed by atoms with van der Waals surface area (Å²) >= 11 is 0. The highest BCUT2D eigenvalue weighted by Gasteiger charge is 2.35. The molecule has 0 atom stereocenters. The molecule has 0 aliphatic heterocycles. The molecule has 2 N–H and O–H groups in total. The summed E-state index contributed by atoms with van der Waals surface area (Å²) < 4.78 is 40.7. The van der Waals surface area contributed by atoms with Crippen LogP contribution >= 0.6 is 0 Å². The maximum Gasteiger partial charge on any atom is 0.419 e. The maximum absolute atomic E-state index is 13.1. The van der Waals surface area contributed by atoms with Crippen LogP contribution in [0.25, 0.3) is 5.65 Å². The second-order valence-electron chi connectivity index (χ2n) is 5.81. The van der Waals surface area contributed by atoms with E-state index >= 15 is 0 Å². The number of rotatable bonds is 2. The molecule has 2 heterocycles. The molecule has 2 aromatic rings. The van der Waals surface area contributed by atoms with E-state index in [9.17, 15) is 13.2 Å². The fraction of sp³-hybridized carbons (Fsp3) is 0.500. The molecule has 0 aliphatic rings. The molecule has 0 aliphatic carbocycles. The molecule has 0 aromatic carbocycles. The average Bonchev–Trinajstić information content (AvgIpc) is 2.67. The Balaban J connectivity index is 2.80. The molecule has 0 fully saturated rings. The molecule has 110 valence electrons. The van der Waals surface area contributed by atoms with Crippen LogP contribution in [0.4, 0.5) is 13.2 Å². The van der Waals surface area contributed by atoms with Crippen LogP contribution in [0.3, 0.4) is 0 Å². The number of nitrogens with two attached hydrogens (primary N) is 1. The first-order valence-electron chi connectivity index (χ1n) is 6.44. The predicted molar refractivity (Wildman–Crippen MR) is 71.7 cm³/mol. The molecule has 20 heavy (non-hydrogen) atoms. The van der Waals surface area contributed by atoms with Crippen LogP contribution in [-0.2, 0) is 18.0 Å². The van der Waals surface area contributed by atoms with Crippen molar-refractivity contribution in [2.75, 3.05) is 6.54 Å². The van der Waals surface area contributed by atoms with Crippen LogP contribution in [-0.4, -0.2) is 15.9 Å². The Labute approximate surface area is 115 Å². The van der Waals surface area contributed by atoms with E-state index in [1.54, 1.807) is 6.20 Å². The highest BCUT2D eigenvalue weighted by molar-refractivity contribution is 5.53. The number of hydrogen-bond acceptors (Lipinski definition) is 2. The van der Waals surface area contributed by atoms with E-state index in [2.05, 4.69) is 4.98 Å². The fourth-order valence-electron chi connectivity index (χ4n) is 2.31. The molecule has 0 saturated carbocycles. The van der Waals surface area contributed by atoms with Gasteiger partial charge < -0.3 is 10.1 Å². The van der Waals surface area contributed by atoms with Crippen molar-refractivity contribution in [3.8, 4) is 0 Å². The monoisotopic (exact) mass is 285 g/mol. The van der Waals surface area contributed by atoms with Crippen LogP contribution in [0.5, 0.6) is 0 Å². The first-order valence-corrected chi connectivity index (χ1v) is 6.44. The molecule has 0 unspecified atom stereocenters. The van der Waals surface area contributed by atoms with Crippen molar-refractivity contribution >= 4 is 5.65 Å². The SMILES string of the molecule is CC(C)(C)c1nc2c(C(F)(F)F)cccn2c1CCN. The van der Waals surface area contributed by atoms with E-state index in [1.165, 1.54) is 10.5 Å². The number of hydrogen-bond donors (Lipinski definition) is 1. The number of pyridine rings is 1. The number of aromatic nitrogens is 2. The van der Waals surface area contributed by atoms with Crippen molar-refractivity contribution in [3.63, 3.8) is 0 Å². The second kappa shape index (κ2) is 4.77. The van der Waals surface area contributed by atoms with Crippen molar-refractivity contribution < 1.29 is 13.2 Å². The number of halogens is 3. The van der Waals surface area contributed by atoms with E-state index in [4.69, 9.17) is 5.73 Å². The van der Waals surface area contributed by atoms with Gasteiger partial charge in [0.15, 0.2) is 0 Å². The second-order valence-corrected chi connectivity index (χ2v) is 5.81. The van der Waals surface area contributed by atoms with Crippen LogP contribution < -0.4 is 5.73 Å². The van der Waals surface area contributed by atoms with Gasteiger partial charge in [0.25, 0.3) is 0 Å².